The van der Waals surface area contributed by atoms with Gasteiger partial charge in [0.25, 0.3) is 0 Å². The lowest BCUT2D eigenvalue weighted by atomic mass is 10.1. The Morgan fingerprint density at radius 2 is 1.85 bits per heavy atom. The third kappa shape index (κ3) is 3.02. The van der Waals surface area contributed by atoms with Crippen molar-refractivity contribution in [2.75, 3.05) is 5.73 Å². The maximum Gasteiger partial charge on any atom is 0.173 e. The molecule has 130 valence electrons. The van der Waals surface area contributed by atoms with Crippen LogP contribution in [0.1, 0.15) is 11.3 Å². The molecule has 0 aliphatic rings. The number of nitrogens with one attached hydrogen (secondary N) is 1. The number of aromatic amines is 1. The summed E-state index contributed by atoms with van der Waals surface area (Å²) in [5.41, 5.74) is 9.94. The van der Waals surface area contributed by atoms with Crippen molar-refractivity contribution in [1.29, 1.82) is 0 Å². The number of nitrogens with zero attached hydrogens (tertiary/aromatic N) is 3. The summed E-state index contributed by atoms with van der Waals surface area (Å²) in [5, 5.41) is 14.5. The van der Waals surface area contributed by atoms with Gasteiger partial charge in [0.1, 0.15) is 18.1 Å². The Labute approximate surface area is 149 Å². The van der Waals surface area contributed by atoms with Gasteiger partial charge in [0.2, 0.25) is 0 Å². The number of aromatic nitrogens is 4. The number of aryl methyl sites for hydroxylation is 1. The first-order valence-corrected chi connectivity index (χ1v) is 8.12. The highest BCUT2D eigenvalue weighted by Gasteiger charge is 2.16. The average Bonchev–Trinajstić information content (AvgIpc) is 3.26. The van der Waals surface area contributed by atoms with Crippen molar-refractivity contribution in [2.45, 2.75) is 13.5 Å². The highest BCUT2D eigenvalue weighted by molar-refractivity contribution is 5.70. The number of nitrogens with two attached hydrogens (primary N) is 1. The first kappa shape index (κ1) is 15.9. The van der Waals surface area contributed by atoms with Gasteiger partial charge in [-0.15, -0.1) is 5.10 Å². The maximum absolute atomic E-state index is 5.97. The van der Waals surface area contributed by atoms with Gasteiger partial charge in [-0.1, -0.05) is 47.6 Å². The van der Waals surface area contributed by atoms with Crippen LogP contribution in [0.4, 0.5) is 5.82 Å². The first-order chi connectivity index (χ1) is 12.7. The predicted molar refractivity (Wildman–Crippen MR) is 97.2 cm³/mol. The van der Waals surface area contributed by atoms with E-state index in [0.717, 1.165) is 28.1 Å². The Hall–Kier alpha value is -3.61. The van der Waals surface area contributed by atoms with Crippen LogP contribution in [0.2, 0.25) is 0 Å². The summed E-state index contributed by atoms with van der Waals surface area (Å²) in [7, 11) is 0. The summed E-state index contributed by atoms with van der Waals surface area (Å²) >= 11 is 0. The van der Waals surface area contributed by atoms with Crippen LogP contribution in [-0.4, -0.2) is 20.6 Å². The number of nitrogen functional groups attached to an aromatic ring is 1. The molecule has 2 aromatic heterocycles. The molecule has 0 fully saturated rings. The van der Waals surface area contributed by atoms with Crippen LogP contribution in [0, 0.1) is 6.92 Å². The van der Waals surface area contributed by atoms with Gasteiger partial charge in [-0.05, 0) is 19.1 Å². The molecule has 7 heteroatoms. The van der Waals surface area contributed by atoms with Gasteiger partial charge in [0.15, 0.2) is 11.6 Å². The van der Waals surface area contributed by atoms with Crippen LogP contribution in [0.5, 0.6) is 5.75 Å². The fourth-order valence-electron chi connectivity index (χ4n) is 2.72. The second kappa shape index (κ2) is 6.72. The van der Waals surface area contributed by atoms with Gasteiger partial charge in [0.05, 0.1) is 11.3 Å². The molecule has 0 saturated heterocycles. The summed E-state index contributed by atoms with van der Waals surface area (Å²) in [6.45, 7) is 2.25. The van der Waals surface area contributed by atoms with Crippen LogP contribution in [0.25, 0.3) is 22.6 Å². The van der Waals surface area contributed by atoms with Crippen LogP contribution in [-0.2, 0) is 6.61 Å². The standard InChI is InChI=1S/C19H17N5O2/c1-12-16(18(26-23-12)13-6-3-2-4-7-13)11-25-15-9-5-8-14(10-15)17-19(20)22-24-21-17/h2-10H,11H2,1H3,(H3,20,21,22,24). The monoisotopic (exact) mass is 347 g/mol. The minimum Gasteiger partial charge on any atom is -0.489 e. The zero-order valence-corrected chi connectivity index (χ0v) is 14.1. The topological polar surface area (TPSA) is 103 Å². The Kier molecular flexibility index (Phi) is 4.10. The molecular weight excluding hydrogens is 330 g/mol. The quantitative estimate of drug-likeness (QED) is 0.572. The number of benzene rings is 2. The Morgan fingerprint density at radius 3 is 2.62 bits per heavy atom. The zero-order valence-electron chi connectivity index (χ0n) is 14.1. The second-order valence-electron chi connectivity index (χ2n) is 5.82. The van der Waals surface area contributed by atoms with E-state index in [1.165, 1.54) is 0 Å². The molecule has 0 radical (unpaired) electrons. The van der Waals surface area contributed by atoms with E-state index in [-0.39, 0.29) is 0 Å². The lowest BCUT2D eigenvalue weighted by Gasteiger charge is -2.08. The lowest BCUT2D eigenvalue weighted by molar-refractivity contribution is 0.305. The SMILES string of the molecule is Cc1noc(-c2ccccc2)c1COc1cccc(-c2n[nH]nc2N)c1. The molecule has 3 N–H and O–H groups in total. The summed E-state index contributed by atoms with van der Waals surface area (Å²) < 4.78 is 11.5. The molecule has 26 heavy (non-hydrogen) atoms. The molecule has 4 aromatic rings. The van der Waals surface area contributed by atoms with Crippen LogP contribution < -0.4 is 10.5 Å². The van der Waals surface area contributed by atoms with E-state index >= 15 is 0 Å². The molecule has 0 aliphatic carbocycles. The number of hydrogen-bond acceptors (Lipinski definition) is 6. The zero-order chi connectivity index (χ0) is 17.9. The number of H-pyrrole nitrogens is 1. The number of hydrogen-bond donors (Lipinski definition) is 2. The first-order valence-electron chi connectivity index (χ1n) is 8.12. The van der Waals surface area contributed by atoms with E-state index in [0.29, 0.717) is 23.9 Å². The molecule has 4 rings (SSSR count). The van der Waals surface area contributed by atoms with E-state index in [2.05, 4.69) is 20.6 Å². The number of ether oxygens (including phenoxy) is 1. The minimum absolute atomic E-state index is 0.345. The normalized spacial score (nSPS) is 10.8. The van der Waals surface area contributed by atoms with Crippen molar-refractivity contribution in [3.63, 3.8) is 0 Å². The van der Waals surface area contributed by atoms with Crippen molar-refractivity contribution < 1.29 is 9.26 Å². The molecule has 0 spiro atoms. The fraction of sp³-hybridized carbons (Fsp3) is 0.105. The van der Waals surface area contributed by atoms with Crippen LogP contribution >= 0.6 is 0 Å². The van der Waals surface area contributed by atoms with Crippen LogP contribution in [0.15, 0.2) is 59.1 Å². The van der Waals surface area contributed by atoms with E-state index in [1.807, 2.05) is 61.5 Å². The smallest absolute Gasteiger partial charge is 0.173 e. The molecule has 0 unspecified atom stereocenters. The highest BCUT2D eigenvalue weighted by atomic mass is 16.5. The van der Waals surface area contributed by atoms with Crippen molar-refractivity contribution in [2.24, 2.45) is 0 Å². The van der Waals surface area contributed by atoms with Gasteiger partial charge in [-0.2, -0.15) is 10.3 Å². The summed E-state index contributed by atoms with van der Waals surface area (Å²) in [4.78, 5) is 0. The van der Waals surface area contributed by atoms with E-state index < -0.39 is 0 Å². The Morgan fingerprint density at radius 1 is 1.04 bits per heavy atom. The van der Waals surface area contributed by atoms with Gasteiger partial charge in [-0.3, -0.25) is 0 Å². The molecule has 7 nitrogen and oxygen atoms in total. The molecule has 0 saturated carbocycles. The molecule has 2 aromatic carbocycles. The van der Waals surface area contributed by atoms with Crippen molar-refractivity contribution in [3.05, 3.63) is 65.9 Å². The molecule has 2 heterocycles. The van der Waals surface area contributed by atoms with Gasteiger partial charge >= 0.3 is 0 Å². The van der Waals surface area contributed by atoms with E-state index in [9.17, 15) is 0 Å². The highest BCUT2D eigenvalue weighted by Crippen LogP contribution is 2.29. The summed E-state index contributed by atoms with van der Waals surface area (Å²) in [5.74, 6) is 1.77. The second-order valence-corrected chi connectivity index (χ2v) is 5.82. The predicted octanol–water partition coefficient (Wildman–Crippen LogP) is 3.60. The maximum atomic E-state index is 5.97. The average molecular weight is 347 g/mol. The Bertz CT molecular complexity index is 1020. The van der Waals surface area contributed by atoms with Gasteiger partial charge in [-0.25, -0.2) is 0 Å². The number of rotatable bonds is 5. The van der Waals surface area contributed by atoms with Crippen LogP contribution in [0.3, 0.4) is 0 Å². The van der Waals surface area contributed by atoms with Gasteiger partial charge < -0.3 is 15.0 Å². The molecule has 0 aliphatic heterocycles. The molecule has 0 atom stereocenters. The Balaban J connectivity index is 1.57. The number of anilines is 1. The summed E-state index contributed by atoms with van der Waals surface area (Å²) in [6, 6.07) is 17.4. The fourth-order valence-corrected chi connectivity index (χ4v) is 2.72. The lowest BCUT2D eigenvalue weighted by Crippen LogP contribution is -1.98. The minimum atomic E-state index is 0.345. The molecule has 0 amide bonds. The third-order valence-corrected chi connectivity index (χ3v) is 4.09. The largest absolute Gasteiger partial charge is 0.489 e. The van der Waals surface area contributed by atoms with Gasteiger partial charge in [0, 0.05) is 11.1 Å². The molecule has 0 bridgehead atoms. The summed E-state index contributed by atoms with van der Waals surface area (Å²) in [6.07, 6.45) is 0. The van der Waals surface area contributed by atoms with Crippen molar-refractivity contribution in [3.8, 4) is 28.3 Å². The van der Waals surface area contributed by atoms with E-state index in [1.54, 1.807) is 0 Å². The van der Waals surface area contributed by atoms with E-state index in [4.69, 9.17) is 15.0 Å². The third-order valence-electron chi connectivity index (χ3n) is 4.09. The van der Waals surface area contributed by atoms with Crippen molar-refractivity contribution >= 4 is 5.82 Å². The molecular formula is C19H17N5O2. The van der Waals surface area contributed by atoms with Crippen molar-refractivity contribution in [1.82, 2.24) is 20.6 Å².